The van der Waals surface area contributed by atoms with Gasteiger partial charge in [-0.25, -0.2) is 4.98 Å². The van der Waals surface area contributed by atoms with Crippen molar-refractivity contribution in [2.45, 2.75) is 32.2 Å². The van der Waals surface area contributed by atoms with Crippen molar-refractivity contribution in [3.63, 3.8) is 0 Å². The van der Waals surface area contributed by atoms with Gasteiger partial charge >= 0.3 is 0 Å². The highest BCUT2D eigenvalue weighted by Gasteiger charge is 2.12. The molecule has 2 heterocycles. The number of hydrogen-bond acceptors (Lipinski definition) is 5. The summed E-state index contributed by atoms with van der Waals surface area (Å²) in [6, 6.07) is 10.8. The van der Waals surface area contributed by atoms with E-state index in [0.717, 1.165) is 24.5 Å². The number of likely N-dealkylation sites (N-methyl/N-ethyl adjacent to an activating group) is 1. The number of anilines is 1. The number of benzene rings is 1. The van der Waals surface area contributed by atoms with E-state index >= 15 is 0 Å². The van der Waals surface area contributed by atoms with E-state index < -0.39 is 0 Å². The van der Waals surface area contributed by atoms with E-state index in [-0.39, 0.29) is 18.4 Å². The van der Waals surface area contributed by atoms with E-state index in [0.29, 0.717) is 17.9 Å². The molecule has 7 nitrogen and oxygen atoms in total. The molecule has 0 saturated carbocycles. The molecule has 0 atom stereocenters. The van der Waals surface area contributed by atoms with Crippen LogP contribution in [0, 0.1) is 0 Å². The number of hydrogen-bond donors (Lipinski definition) is 1. The van der Waals surface area contributed by atoms with Gasteiger partial charge in [0.1, 0.15) is 11.6 Å². The molecule has 7 heteroatoms. The number of rotatable bonds is 7. The first-order valence-corrected chi connectivity index (χ1v) is 10.4. The summed E-state index contributed by atoms with van der Waals surface area (Å²) in [4.78, 5) is 32.6. The van der Waals surface area contributed by atoms with Crippen LogP contribution in [0.2, 0.25) is 0 Å². The summed E-state index contributed by atoms with van der Waals surface area (Å²) >= 11 is 0. The molecule has 0 spiro atoms. The number of amides is 2. The van der Waals surface area contributed by atoms with Crippen LogP contribution in [-0.4, -0.2) is 55.5 Å². The molecule has 1 aromatic heterocycles. The monoisotopic (exact) mass is 410 g/mol. The lowest BCUT2D eigenvalue weighted by Crippen LogP contribution is -2.27. The largest absolute Gasteiger partial charge is 0.484 e. The van der Waals surface area contributed by atoms with Gasteiger partial charge in [0.15, 0.2) is 6.61 Å². The second-order valence-electron chi connectivity index (χ2n) is 7.71. The summed E-state index contributed by atoms with van der Waals surface area (Å²) in [5, 5.41) is 2.95. The molecule has 1 aliphatic rings. The average Bonchev–Trinajstić information content (AvgIpc) is 3.06. The molecule has 2 amide bonds. The molecule has 1 N–H and O–H groups in total. The smallest absolute Gasteiger partial charge is 0.259 e. The number of aromatic nitrogens is 1. The lowest BCUT2D eigenvalue weighted by molar-refractivity contribution is -0.130. The molecule has 0 bridgehead atoms. The lowest BCUT2D eigenvalue weighted by Gasteiger charge is -2.21. The first-order valence-electron chi connectivity index (χ1n) is 10.4. The Labute approximate surface area is 178 Å². The fourth-order valence-corrected chi connectivity index (χ4v) is 3.33. The third-order valence-electron chi connectivity index (χ3n) is 5.15. The molecule has 0 aliphatic carbocycles. The van der Waals surface area contributed by atoms with E-state index in [1.54, 1.807) is 44.6 Å². The number of carbonyl (C=O) groups excluding carboxylic acids is 2. The molecular weight excluding hydrogens is 380 g/mol. The third kappa shape index (κ3) is 6.20. The van der Waals surface area contributed by atoms with Crippen molar-refractivity contribution < 1.29 is 14.3 Å². The zero-order valence-electron chi connectivity index (χ0n) is 17.8. The zero-order valence-corrected chi connectivity index (χ0v) is 17.8. The van der Waals surface area contributed by atoms with Gasteiger partial charge in [0.25, 0.3) is 11.8 Å². The zero-order chi connectivity index (χ0) is 21.3. The predicted octanol–water partition coefficient (Wildman–Crippen LogP) is 2.86. The van der Waals surface area contributed by atoms with Gasteiger partial charge in [0, 0.05) is 45.5 Å². The van der Waals surface area contributed by atoms with E-state index in [1.165, 1.54) is 30.6 Å². The molecule has 1 fully saturated rings. The molecule has 2 aromatic rings. The van der Waals surface area contributed by atoms with Gasteiger partial charge in [-0.1, -0.05) is 18.9 Å². The third-order valence-corrected chi connectivity index (χ3v) is 5.15. The van der Waals surface area contributed by atoms with E-state index in [1.807, 2.05) is 6.07 Å². The highest BCUT2D eigenvalue weighted by atomic mass is 16.5. The van der Waals surface area contributed by atoms with Crippen LogP contribution in [0.5, 0.6) is 5.75 Å². The molecular formula is C23H30N4O3. The summed E-state index contributed by atoms with van der Waals surface area (Å²) in [6.07, 6.45) is 6.75. The Morgan fingerprint density at radius 2 is 1.87 bits per heavy atom. The van der Waals surface area contributed by atoms with Crippen LogP contribution in [0.4, 0.5) is 5.82 Å². The van der Waals surface area contributed by atoms with Crippen LogP contribution in [0.1, 0.15) is 41.6 Å². The van der Waals surface area contributed by atoms with Crippen molar-refractivity contribution in [2.24, 2.45) is 0 Å². The SMILES string of the molecule is CN(C)C(=O)COc1cccc(C(=O)NCc2ccnc(N3CCCCCC3)c2)c1. The first kappa shape index (κ1) is 21.6. The number of pyridine rings is 1. The summed E-state index contributed by atoms with van der Waals surface area (Å²) in [7, 11) is 3.35. The maximum atomic E-state index is 12.6. The lowest BCUT2D eigenvalue weighted by atomic mass is 10.2. The summed E-state index contributed by atoms with van der Waals surface area (Å²) in [5.41, 5.74) is 1.51. The summed E-state index contributed by atoms with van der Waals surface area (Å²) in [6.45, 7) is 2.43. The van der Waals surface area contributed by atoms with Crippen LogP contribution in [0.3, 0.4) is 0 Å². The van der Waals surface area contributed by atoms with Crippen molar-refractivity contribution >= 4 is 17.6 Å². The van der Waals surface area contributed by atoms with Crippen LogP contribution in [0.25, 0.3) is 0 Å². The minimum atomic E-state index is -0.187. The minimum absolute atomic E-state index is 0.0611. The van der Waals surface area contributed by atoms with Crippen LogP contribution in [0.15, 0.2) is 42.6 Å². The molecule has 3 rings (SSSR count). The Morgan fingerprint density at radius 3 is 2.60 bits per heavy atom. The number of ether oxygens (including phenoxy) is 1. The van der Waals surface area contributed by atoms with Gasteiger partial charge in [0.2, 0.25) is 0 Å². The second kappa shape index (κ2) is 10.6. The minimum Gasteiger partial charge on any atom is -0.484 e. The standard InChI is InChI=1S/C23H30N4O3/c1-26(2)22(28)17-30-20-9-7-8-19(15-20)23(29)25-16-18-10-11-24-21(14-18)27-12-5-3-4-6-13-27/h7-11,14-15H,3-6,12-13,16-17H2,1-2H3,(H,25,29). The highest BCUT2D eigenvalue weighted by Crippen LogP contribution is 2.18. The Bertz CT molecular complexity index is 861. The Balaban J connectivity index is 1.57. The summed E-state index contributed by atoms with van der Waals surface area (Å²) in [5.74, 6) is 1.14. The van der Waals surface area contributed by atoms with Gasteiger partial charge < -0.3 is 19.9 Å². The van der Waals surface area contributed by atoms with Gasteiger partial charge in [0.05, 0.1) is 0 Å². The van der Waals surface area contributed by atoms with Gasteiger partial charge in [-0.2, -0.15) is 0 Å². The number of carbonyl (C=O) groups is 2. The van der Waals surface area contributed by atoms with Crippen molar-refractivity contribution in [3.8, 4) is 5.75 Å². The Kier molecular flexibility index (Phi) is 7.65. The fraction of sp³-hybridized carbons (Fsp3) is 0.435. The molecule has 1 aromatic carbocycles. The molecule has 1 saturated heterocycles. The quantitative estimate of drug-likeness (QED) is 0.760. The van der Waals surface area contributed by atoms with Crippen molar-refractivity contribution in [1.29, 1.82) is 0 Å². The van der Waals surface area contributed by atoms with Crippen LogP contribution < -0.4 is 15.0 Å². The Morgan fingerprint density at radius 1 is 1.10 bits per heavy atom. The highest BCUT2D eigenvalue weighted by molar-refractivity contribution is 5.94. The number of nitrogens with one attached hydrogen (secondary N) is 1. The topological polar surface area (TPSA) is 74.8 Å². The van der Waals surface area contributed by atoms with Crippen LogP contribution >= 0.6 is 0 Å². The summed E-state index contributed by atoms with van der Waals surface area (Å²) < 4.78 is 5.49. The van der Waals surface area contributed by atoms with E-state index in [2.05, 4.69) is 21.3 Å². The molecule has 0 radical (unpaired) electrons. The average molecular weight is 411 g/mol. The fourth-order valence-electron chi connectivity index (χ4n) is 3.33. The van der Waals surface area contributed by atoms with Crippen molar-refractivity contribution in [1.82, 2.24) is 15.2 Å². The predicted molar refractivity (Wildman–Crippen MR) is 117 cm³/mol. The van der Waals surface area contributed by atoms with Gasteiger partial charge in [-0.3, -0.25) is 9.59 Å². The second-order valence-corrected chi connectivity index (χ2v) is 7.71. The Hall–Kier alpha value is -3.09. The van der Waals surface area contributed by atoms with Crippen LogP contribution in [-0.2, 0) is 11.3 Å². The van der Waals surface area contributed by atoms with Gasteiger partial charge in [-0.05, 0) is 48.7 Å². The van der Waals surface area contributed by atoms with Crippen molar-refractivity contribution in [3.05, 3.63) is 53.7 Å². The van der Waals surface area contributed by atoms with Crippen molar-refractivity contribution in [2.75, 3.05) is 38.7 Å². The van der Waals surface area contributed by atoms with E-state index in [4.69, 9.17) is 4.74 Å². The number of nitrogens with zero attached hydrogens (tertiary/aromatic N) is 3. The molecule has 30 heavy (non-hydrogen) atoms. The maximum absolute atomic E-state index is 12.6. The van der Waals surface area contributed by atoms with Gasteiger partial charge in [-0.15, -0.1) is 0 Å². The van der Waals surface area contributed by atoms with E-state index in [9.17, 15) is 9.59 Å². The molecule has 0 unspecified atom stereocenters. The molecule has 1 aliphatic heterocycles. The normalized spacial score (nSPS) is 14.0. The first-order chi connectivity index (χ1) is 14.5. The maximum Gasteiger partial charge on any atom is 0.259 e. The molecule has 160 valence electrons.